The lowest BCUT2D eigenvalue weighted by Gasteiger charge is -2.41. The van der Waals surface area contributed by atoms with Gasteiger partial charge in [0.25, 0.3) is 0 Å². The number of aliphatic hydroxyl groups is 4. The van der Waals surface area contributed by atoms with E-state index in [4.69, 9.17) is 9.47 Å². The van der Waals surface area contributed by atoms with Crippen molar-refractivity contribution in [3.63, 3.8) is 0 Å². The number of hydrogen-bond acceptors (Lipinski definition) is 10. The summed E-state index contributed by atoms with van der Waals surface area (Å²) in [5.41, 5.74) is 0. The maximum absolute atomic E-state index is 13.1. The first-order chi connectivity index (χ1) is 34.5. The third-order valence-electron chi connectivity index (χ3n) is 13.9. The smallest absolute Gasteiger partial charge is 0.394 e. The highest BCUT2D eigenvalue weighted by Crippen LogP contribution is 2.26. The third-order valence-corrected chi connectivity index (χ3v) is 14.4. The van der Waals surface area contributed by atoms with Crippen LogP contribution in [-0.2, 0) is 28.9 Å². The Labute approximate surface area is 435 Å². The summed E-state index contributed by atoms with van der Waals surface area (Å²) >= 11 is 0. The van der Waals surface area contributed by atoms with E-state index in [1.165, 1.54) is 193 Å². The molecule has 1 saturated heterocycles. The first-order valence-electron chi connectivity index (χ1n) is 29.4. The van der Waals surface area contributed by atoms with Gasteiger partial charge in [-0.2, -0.15) is 8.42 Å². The monoisotopic (exact) mass is 1030 g/mol. The summed E-state index contributed by atoms with van der Waals surface area (Å²) in [6.45, 7) is 3.42. The fraction of sp³-hybridized carbons (Fsp3) is 0.879. The number of rotatable bonds is 51. The molecule has 1 rings (SSSR count). The van der Waals surface area contributed by atoms with Gasteiger partial charge in [0.2, 0.25) is 5.91 Å². The maximum Gasteiger partial charge on any atom is 0.397 e. The van der Waals surface area contributed by atoms with E-state index in [-0.39, 0.29) is 18.9 Å². The Morgan fingerprint density at radius 1 is 0.563 bits per heavy atom. The largest absolute Gasteiger partial charge is 0.397 e. The summed E-state index contributed by atoms with van der Waals surface area (Å²) in [4.78, 5) is 13.1. The normalized spacial score (nSPS) is 19.7. The first-order valence-corrected chi connectivity index (χ1v) is 30.7. The Morgan fingerprint density at radius 2 is 0.944 bits per heavy atom. The molecule has 7 atom stereocenters. The zero-order valence-electron chi connectivity index (χ0n) is 45.3. The van der Waals surface area contributed by atoms with Crippen molar-refractivity contribution >= 4 is 16.3 Å². The average Bonchev–Trinajstić information content (AvgIpc) is 3.34. The topological polar surface area (TPSA) is 192 Å². The van der Waals surface area contributed by atoms with E-state index in [0.717, 1.165) is 51.4 Å². The van der Waals surface area contributed by atoms with Crippen LogP contribution in [0.3, 0.4) is 0 Å². The molecule has 13 heteroatoms. The maximum atomic E-state index is 13.1. The minimum absolute atomic E-state index is 0.264. The molecule has 7 unspecified atom stereocenters. The SMILES string of the molecule is CCCCCCCCCCC/C=C\C/C=C\CCCCCCCCCCCC(=O)NC(COC1OC(CO)C(O)C(OS(=O)(=O)O)C1O)C(O)/C=C/CCCCCCCCCCCCCCCCCCC. The summed E-state index contributed by atoms with van der Waals surface area (Å²) in [5.74, 6) is -0.264. The van der Waals surface area contributed by atoms with E-state index in [2.05, 4.69) is 47.7 Å². The molecule has 12 nitrogen and oxygen atoms in total. The lowest BCUT2D eigenvalue weighted by molar-refractivity contribution is -0.298. The highest BCUT2D eigenvalue weighted by molar-refractivity contribution is 7.80. The van der Waals surface area contributed by atoms with Crippen molar-refractivity contribution in [1.82, 2.24) is 5.32 Å². The molecule has 0 spiro atoms. The molecule has 1 fully saturated rings. The second-order valence-corrected chi connectivity index (χ2v) is 21.6. The minimum atomic E-state index is -5.09. The standard InChI is InChI=1S/C58H109NO11S/c1-3-5-7-9-11-13-15-17-19-21-23-24-25-26-27-28-30-32-34-36-38-40-42-44-46-48-54(62)59-51(50-68-58-56(64)57(70-71(65,66)67)55(63)53(49-60)69-58)52(61)47-45-43-41-39-37-35-33-31-29-22-20-18-16-14-12-10-8-6-4-2/h23-24,26-27,45,47,51-53,55-58,60-61,63-64H,3-22,25,28-44,46,48-50H2,1-2H3,(H,59,62)(H,65,66,67)/b24-23-,27-26-,47-45+. The average molecular weight is 1030 g/mol. The number of allylic oxidation sites excluding steroid dienone is 5. The van der Waals surface area contributed by atoms with Gasteiger partial charge in [-0.1, -0.05) is 249 Å². The Hall–Kier alpha value is -1.68. The minimum Gasteiger partial charge on any atom is -0.394 e. The van der Waals surface area contributed by atoms with Gasteiger partial charge in [-0.15, -0.1) is 0 Å². The summed E-state index contributed by atoms with van der Waals surface area (Å²) in [6, 6.07) is -0.947. The zero-order chi connectivity index (χ0) is 51.9. The van der Waals surface area contributed by atoms with Gasteiger partial charge in [0.1, 0.15) is 24.4 Å². The number of carbonyl (C=O) groups excluding carboxylic acids is 1. The fourth-order valence-electron chi connectivity index (χ4n) is 9.37. The number of carbonyl (C=O) groups is 1. The highest BCUT2D eigenvalue weighted by Gasteiger charge is 2.48. The van der Waals surface area contributed by atoms with Crippen LogP contribution in [-0.4, -0.2) is 95.4 Å². The molecule has 0 aromatic rings. The van der Waals surface area contributed by atoms with Crippen molar-refractivity contribution in [3.05, 3.63) is 36.5 Å². The van der Waals surface area contributed by atoms with Crippen molar-refractivity contribution in [2.24, 2.45) is 0 Å². The van der Waals surface area contributed by atoms with Crippen LogP contribution in [0.5, 0.6) is 0 Å². The molecule has 0 aromatic carbocycles. The number of ether oxygens (including phenoxy) is 2. The van der Waals surface area contributed by atoms with Gasteiger partial charge in [0, 0.05) is 6.42 Å². The van der Waals surface area contributed by atoms with Crippen molar-refractivity contribution in [2.75, 3.05) is 13.2 Å². The van der Waals surface area contributed by atoms with Crippen molar-refractivity contribution < 1.29 is 51.8 Å². The zero-order valence-corrected chi connectivity index (χ0v) is 46.1. The van der Waals surface area contributed by atoms with Gasteiger partial charge in [0.05, 0.1) is 25.4 Å². The molecule has 0 aliphatic carbocycles. The number of amides is 1. The van der Waals surface area contributed by atoms with Crippen LogP contribution >= 0.6 is 0 Å². The molecule has 0 radical (unpaired) electrons. The molecular weight excluding hydrogens is 919 g/mol. The van der Waals surface area contributed by atoms with Gasteiger partial charge in [-0.25, -0.2) is 4.18 Å². The predicted octanol–water partition coefficient (Wildman–Crippen LogP) is 13.8. The van der Waals surface area contributed by atoms with Crippen LogP contribution < -0.4 is 5.32 Å². The molecule has 6 N–H and O–H groups in total. The Bertz CT molecular complexity index is 1390. The van der Waals surface area contributed by atoms with Crippen LogP contribution in [0, 0.1) is 0 Å². The number of nitrogens with one attached hydrogen (secondary N) is 1. The molecule has 0 saturated carbocycles. The summed E-state index contributed by atoms with van der Waals surface area (Å²) in [5, 5.41) is 45.0. The second-order valence-electron chi connectivity index (χ2n) is 20.6. The van der Waals surface area contributed by atoms with Gasteiger partial charge < -0.3 is 35.2 Å². The number of hydrogen-bond donors (Lipinski definition) is 6. The van der Waals surface area contributed by atoms with E-state index in [0.29, 0.717) is 6.42 Å². The lowest BCUT2D eigenvalue weighted by atomic mass is 9.99. The third kappa shape index (κ3) is 40.3. The molecule has 0 bridgehead atoms. The molecular formula is C58H109NO11S. The quantitative estimate of drug-likeness (QED) is 0.0193. The predicted molar refractivity (Wildman–Crippen MR) is 292 cm³/mol. The molecule has 0 aromatic heterocycles. The summed E-state index contributed by atoms with van der Waals surface area (Å²) in [6.07, 6.45) is 51.8. The van der Waals surface area contributed by atoms with E-state index in [1.807, 2.05) is 6.08 Å². The van der Waals surface area contributed by atoms with Crippen LogP contribution in [0.15, 0.2) is 36.5 Å². The van der Waals surface area contributed by atoms with Gasteiger partial charge in [-0.05, 0) is 51.4 Å². The van der Waals surface area contributed by atoms with Crippen molar-refractivity contribution in [2.45, 2.75) is 314 Å². The van der Waals surface area contributed by atoms with Crippen molar-refractivity contribution in [1.29, 1.82) is 0 Å². The van der Waals surface area contributed by atoms with Crippen molar-refractivity contribution in [3.8, 4) is 0 Å². The molecule has 1 amide bonds. The van der Waals surface area contributed by atoms with Crippen LogP contribution in [0.4, 0.5) is 0 Å². The Kier molecular flexibility index (Phi) is 45.5. The molecule has 418 valence electrons. The molecule has 71 heavy (non-hydrogen) atoms. The number of unbranched alkanes of at least 4 members (excludes halogenated alkanes) is 35. The van der Waals surface area contributed by atoms with E-state index in [1.54, 1.807) is 6.08 Å². The van der Waals surface area contributed by atoms with Gasteiger partial charge in [0.15, 0.2) is 6.29 Å². The molecule has 1 aliphatic heterocycles. The lowest BCUT2D eigenvalue weighted by Crippen LogP contribution is -2.61. The Balaban J connectivity index is 2.37. The summed E-state index contributed by atoms with van der Waals surface area (Å²) < 4.78 is 47.9. The van der Waals surface area contributed by atoms with Crippen LogP contribution in [0.25, 0.3) is 0 Å². The Morgan fingerprint density at radius 3 is 1.34 bits per heavy atom. The van der Waals surface area contributed by atoms with E-state index in [9.17, 15) is 38.2 Å². The van der Waals surface area contributed by atoms with E-state index < -0.39 is 59.9 Å². The molecule has 1 heterocycles. The highest BCUT2D eigenvalue weighted by atomic mass is 32.3. The first kappa shape index (κ1) is 67.3. The van der Waals surface area contributed by atoms with Gasteiger partial charge in [-0.3, -0.25) is 9.35 Å². The van der Waals surface area contributed by atoms with Crippen LogP contribution in [0.2, 0.25) is 0 Å². The second kappa shape index (κ2) is 48.0. The number of aliphatic hydroxyl groups excluding tert-OH is 4. The summed E-state index contributed by atoms with van der Waals surface area (Å²) in [7, 11) is -5.09. The fourth-order valence-corrected chi connectivity index (χ4v) is 9.88. The van der Waals surface area contributed by atoms with Gasteiger partial charge >= 0.3 is 10.4 Å². The molecule has 1 aliphatic rings. The van der Waals surface area contributed by atoms with Crippen LogP contribution in [0.1, 0.15) is 271 Å². The van der Waals surface area contributed by atoms with E-state index >= 15 is 0 Å².